The molecule has 2 N–H and O–H groups in total. The van der Waals surface area contributed by atoms with Crippen LogP contribution in [0.4, 0.5) is 5.69 Å². The molecule has 0 aliphatic rings. The van der Waals surface area contributed by atoms with Crippen LogP contribution < -0.4 is 5.43 Å². The fourth-order valence-electron chi connectivity index (χ4n) is 1.32. The zero-order chi connectivity index (χ0) is 13.1. The number of hydrogen-bond acceptors (Lipinski definition) is 6. The first-order valence-electron chi connectivity index (χ1n) is 4.81. The highest BCUT2D eigenvalue weighted by Gasteiger charge is 2.16. The first-order chi connectivity index (χ1) is 8.58. The van der Waals surface area contributed by atoms with Crippen LogP contribution in [-0.2, 0) is 0 Å². The minimum atomic E-state index is -1.14. The van der Waals surface area contributed by atoms with Gasteiger partial charge in [0.2, 0.25) is 0 Å². The third-order valence-electron chi connectivity index (χ3n) is 2.17. The predicted molar refractivity (Wildman–Crippen MR) is 62.4 cm³/mol. The second-order valence-corrected chi connectivity index (χ2v) is 3.78. The molecule has 2 aromatic rings. The molecule has 9 heteroatoms. The maximum Gasteiger partial charge on any atom is 0.288 e. The molecular formula is C9H8ClN5O3. The second-order valence-electron chi connectivity index (χ2n) is 3.37. The topological polar surface area (TPSA) is 106 Å². The number of nitrogens with one attached hydrogen (secondary N) is 1. The number of hydrogen-bond donors (Lipinski definition) is 2. The molecule has 0 amide bonds. The van der Waals surface area contributed by atoms with Crippen LogP contribution in [0.15, 0.2) is 30.9 Å². The molecule has 0 aliphatic heterocycles. The van der Waals surface area contributed by atoms with Gasteiger partial charge >= 0.3 is 0 Å². The van der Waals surface area contributed by atoms with Crippen LogP contribution in [0.1, 0.15) is 11.8 Å². The zero-order valence-corrected chi connectivity index (χ0v) is 9.65. The quantitative estimate of drug-likeness (QED) is 0.489. The SMILES string of the molecule is O=[N+]([O-])c1cc([C@@H](O)Nn2cnnc2)ccc1Cl. The van der Waals surface area contributed by atoms with Crippen molar-refractivity contribution in [3.05, 3.63) is 51.6 Å². The monoisotopic (exact) mass is 269 g/mol. The van der Waals surface area contributed by atoms with Crippen molar-refractivity contribution in [2.24, 2.45) is 0 Å². The van der Waals surface area contributed by atoms with E-state index in [1.807, 2.05) is 0 Å². The van der Waals surface area contributed by atoms with E-state index >= 15 is 0 Å². The Kier molecular flexibility index (Phi) is 3.40. The Balaban J connectivity index is 2.22. The Bertz CT molecular complexity index is 559. The summed E-state index contributed by atoms with van der Waals surface area (Å²) in [7, 11) is 0. The van der Waals surface area contributed by atoms with Crippen LogP contribution in [0, 0.1) is 10.1 Å². The number of aliphatic hydroxyl groups is 1. The van der Waals surface area contributed by atoms with Gasteiger partial charge in [-0.15, -0.1) is 10.2 Å². The number of aliphatic hydroxyl groups excluding tert-OH is 1. The normalized spacial score (nSPS) is 12.1. The first kappa shape index (κ1) is 12.3. The van der Waals surface area contributed by atoms with Gasteiger partial charge in [-0.25, -0.2) is 4.68 Å². The van der Waals surface area contributed by atoms with Gasteiger partial charge < -0.3 is 5.11 Å². The summed E-state index contributed by atoms with van der Waals surface area (Å²) < 4.78 is 1.32. The molecule has 1 heterocycles. The van der Waals surface area contributed by atoms with Gasteiger partial charge in [-0.05, 0) is 6.07 Å². The number of halogens is 1. The highest BCUT2D eigenvalue weighted by atomic mass is 35.5. The van der Waals surface area contributed by atoms with Gasteiger partial charge in [-0.2, -0.15) is 0 Å². The van der Waals surface area contributed by atoms with Crippen LogP contribution in [-0.4, -0.2) is 24.9 Å². The number of nitro groups is 1. The molecule has 94 valence electrons. The molecule has 2 rings (SSSR count). The highest BCUT2D eigenvalue weighted by Crippen LogP contribution is 2.27. The lowest BCUT2D eigenvalue weighted by molar-refractivity contribution is -0.384. The van der Waals surface area contributed by atoms with E-state index in [0.717, 1.165) is 0 Å². The Hall–Kier alpha value is -2.19. The van der Waals surface area contributed by atoms with Crippen LogP contribution in [0.5, 0.6) is 0 Å². The molecule has 0 spiro atoms. The Morgan fingerprint density at radius 3 is 2.72 bits per heavy atom. The minimum absolute atomic E-state index is 0.0141. The minimum Gasteiger partial charge on any atom is -0.368 e. The van der Waals surface area contributed by atoms with Gasteiger partial charge in [0.15, 0.2) is 6.23 Å². The van der Waals surface area contributed by atoms with Crippen molar-refractivity contribution in [2.45, 2.75) is 6.23 Å². The van der Waals surface area contributed by atoms with E-state index in [-0.39, 0.29) is 10.7 Å². The summed E-state index contributed by atoms with van der Waals surface area (Å²) >= 11 is 5.67. The van der Waals surface area contributed by atoms with Crippen LogP contribution in [0.2, 0.25) is 5.02 Å². The van der Waals surface area contributed by atoms with E-state index in [0.29, 0.717) is 5.56 Å². The third kappa shape index (κ3) is 2.55. The lowest BCUT2D eigenvalue weighted by atomic mass is 10.2. The maximum absolute atomic E-state index is 10.7. The van der Waals surface area contributed by atoms with E-state index in [2.05, 4.69) is 15.6 Å². The Labute approximate surface area is 106 Å². The first-order valence-corrected chi connectivity index (χ1v) is 5.19. The molecule has 0 saturated carbocycles. The predicted octanol–water partition coefficient (Wildman–Crippen LogP) is 1.07. The van der Waals surface area contributed by atoms with E-state index < -0.39 is 11.2 Å². The third-order valence-corrected chi connectivity index (χ3v) is 2.49. The average molecular weight is 270 g/mol. The van der Waals surface area contributed by atoms with Gasteiger partial charge in [0.25, 0.3) is 5.69 Å². The van der Waals surface area contributed by atoms with Crippen molar-refractivity contribution in [1.82, 2.24) is 14.9 Å². The van der Waals surface area contributed by atoms with E-state index in [1.54, 1.807) is 0 Å². The molecule has 0 radical (unpaired) electrons. The summed E-state index contributed by atoms with van der Waals surface area (Å²) in [5.41, 5.74) is 2.65. The smallest absolute Gasteiger partial charge is 0.288 e. The molecule has 0 aliphatic carbocycles. The summed E-state index contributed by atoms with van der Waals surface area (Å²) in [5, 5.41) is 27.6. The summed E-state index contributed by atoms with van der Waals surface area (Å²) in [4.78, 5) is 10.1. The fourth-order valence-corrected chi connectivity index (χ4v) is 1.51. The van der Waals surface area contributed by atoms with E-state index in [9.17, 15) is 15.2 Å². The zero-order valence-electron chi connectivity index (χ0n) is 8.89. The molecule has 0 unspecified atom stereocenters. The number of nitrogens with zero attached hydrogens (tertiary/aromatic N) is 4. The molecule has 8 nitrogen and oxygen atoms in total. The van der Waals surface area contributed by atoms with Gasteiger partial charge in [0.05, 0.1) is 4.92 Å². The summed E-state index contributed by atoms with van der Waals surface area (Å²) in [6.45, 7) is 0. The fraction of sp³-hybridized carbons (Fsp3) is 0.111. The lowest BCUT2D eigenvalue weighted by Gasteiger charge is -2.14. The number of aromatic nitrogens is 3. The number of nitro benzene ring substituents is 1. The van der Waals surface area contributed by atoms with Crippen molar-refractivity contribution in [2.75, 3.05) is 5.43 Å². The highest BCUT2D eigenvalue weighted by molar-refractivity contribution is 6.32. The molecule has 0 bridgehead atoms. The molecule has 1 aromatic carbocycles. The lowest BCUT2D eigenvalue weighted by Crippen LogP contribution is -2.19. The van der Waals surface area contributed by atoms with Crippen molar-refractivity contribution in [3.8, 4) is 0 Å². The number of rotatable bonds is 4. The largest absolute Gasteiger partial charge is 0.368 e. The van der Waals surface area contributed by atoms with E-state index in [4.69, 9.17) is 11.6 Å². The standard InChI is InChI=1S/C9H8ClN5O3/c10-7-2-1-6(3-8(7)15(17)18)9(16)13-14-4-11-12-5-14/h1-5,9,13,16H/t9-/m1/s1. The van der Waals surface area contributed by atoms with Crippen LogP contribution in [0.25, 0.3) is 0 Å². The van der Waals surface area contributed by atoms with Crippen molar-refractivity contribution < 1.29 is 10.0 Å². The molecule has 1 atom stereocenters. The van der Waals surface area contributed by atoms with Crippen LogP contribution >= 0.6 is 11.6 Å². The van der Waals surface area contributed by atoms with Gasteiger partial charge in [-0.3, -0.25) is 15.5 Å². The Morgan fingerprint density at radius 2 is 2.11 bits per heavy atom. The molecular weight excluding hydrogens is 262 g/mol. The second kappa shape index (κ2) is 4.98. The summed E-state index contributed by atoms with van der Waals surface area (Å²) in [6.07, 6.45) is 1.54. The summed E-state index contributed by atoms with van der Waals surface area (Å²) in [6, 6.07) is 4.04. The molecule has 0 saturated heterocycles. The molecule has 0 fully saturated rings. The maximum atomic E-state index is 10.7. The van der Waals surface area contributed by atoms with E-state index in [1.165, 1.54) is 35.5 Å². The van der Waals surface area contributed by atoms with Crippen molar-refractivity contribution >= 4 is 17.3 Å². The molecule has 1 aromatic heterocycles. The molecule has 18 heavy (non-hydrogen) atoms. The van der Waals surface area contributed by atoms with Crippen molar-refractivity contribution in [1.29, 1.82) is 0 Å². The van der Waals surface area contributed by atoms with Gasteiger partial charge in [0.1, 0.15) is 17.7 Å². The summed E-state index contributed by atoms with van der Waals surface area (Å²) in [5.74, 6) is 0. The average Bonchev–Trinajstić information content (AvgIpc) is 2.81. The number of benzene rings is 1. The Morgan fingerprint density at radius 1 is 1.44 bits per heavy atom. The van der Waals surface area contributed by atoms with Crippen LogP contribution in [0.3, 0.4) is 0 Å². The van der Waals surface area contributed by atoms with Gasteiger partial charge in [0, 0.05) is 11.6 Å². The van der Waals surface area contributed by atoms with Crippen molar-refractivity contribution in [3.63, 3.8) is 0 Å². The van der Waals surface area contributed by atoms with Gasteiger partial charge in [-0.1, -0.05) is 17.7 Å².